The minimum atomic E-state index is -2.71. The maximum Gasteiger partial charge on any atom is 0.327 e. The molecule has 0 spiro atoms. The molecule has 0 heterocycles. The highest BCUT2D eigenvalue weighted by molar-refractivity contribution is 5.22. The van der Waals surface area contributed by atoms with E-state index < -0.39 is 16.4 Å². The standard InChI is InChI=1S/C9H12N2O4/c1-8(10,11(14)15)9(12,13)7-5-3-2-4-6-7/h2-6,12-13H,10H2,1H3. The summed E-state index contributed by atoms with van der Waals surface area (Å²) in [7, 11) is 0. The SMILES string of the molecule is CC(N)([N+](=O)[O-])C(O)(O)c1ccccc1. The van der Waals surface area contributed by atoms with Crippen molar-refractivity contribution in [2.45, 2.75) is 18.4 Å². The molecule has 82 valence electrons. The number of hydrogen-bond acceptors (Lipinski definition) is 5. The fourth-order valence-electron chi connectivity index (χ4n) is 1.09. The highest BCUT2D eigenvalue weighted by atomic mass is 16.6. The first-order valence-electron chi connectivity index (χ1n) is 4.24. The molecule has 4 N–H and O–H groups in total. The van der Waals surface area contributed by atoms with E-state index >= 15 is 0 Å². The van der Waals surface area contributed by atoms with Crippen molar-refractivity contribution in [2.75, 3.05) is 0 Å². The number of aliphatic hydroxyl groups is 2. The Morgan fingerprint density at radius 2 is 1.80 bits per heavy atom. The lowest BCUT2D eigenvalue weighted by Crippen LogP contribution is -2.61. The number of rotatable bonds is 3. The van der Waals surface area contributed by atoms with Crippen LogP contribution >= 0.6 is 0 Å². The van der Waals surface area contributed by atoms with Gasteiger partial charge >= 0.3 is 5.66 Å². The molecule has 0 saturated heterocycles. The molecule has 1 rings (SSSR count). The fraction of sp³-hybridized carbons (Fsp3) is 0.333. The molecule has 0 radical (unpaired) electrons. The molecule has 6 heteroatoms. The monoisotopic (exact) mass is 212 g/mol. The molecule has 6 nitrogen and oxygen atoms in total. The molecular weight excluding hydrogens is 200 g/mol. The van der Waals surface area contributed by atoms with Gasteiger partial charge in [-0.3, -0.25) is 15.8 Å². The summed E-state index contributed by atoms with van der Waals surface area (Å²) in [5.41, 5.74) is 2.88. The topological polar surface area (TPSA) is 110 Å². The molecule has 0 bridgehead atoms. The van der Waals surface area contributed by atoms with Gasteiger partial charge in [-0.1, -0.05) is 30.3 Å². The number of nitrogens with two attached hydrogens (primary N) is 1. The third-order valence-electron chi connectivity index (χ3n) is 2.26. The van der Waals surface area contributed by atoms with E-state index in [1.807, 2.05) is 0 Å². The highest BCUT2D eigenvalue weighted by Gasteiger charge is 2.55. The molecule has 15 heavy (non-hydrogen) atoms. The van der Waals surface area contributed by atoms with Gasteiger partial charge in [0.25, 0.3) is 5.79 Å². The van der Waals surface area contributed by atoms with Gasteiger partial charge in [0.1, 0.15) is 0 Å². The Balaban J connectivity index is 3.19. The lowest BCUT2D eigenvalue weighted by molar-refractivity contribution is -0.611. The van der Waals surface area contributed by atoms with Crippen LogP contribution in [0.1, 0.15) is 12.5 Å². The molecule has 0 fully saturated rings. The van der Waals surface area contributed by atoms with Gasteiger partial charge in [-0.2, -0.15) is 0 Å². The van der Waals surface area contributed by atoms with Gasteiger partial charge in [0, 0.05) is 17.4 Å². The third kappa shape index (κ3) is 1.82. The molecule has 0 aromatic heterocycles. The zero-order valence-electron chi connectivity index (χ0n) is 8.12. The van der Waals surface area contributed by atoms with Gasteiger partial charge in [-0.05, 0) is 0 Å². The van der Waals surface area contributed by atoms with Crippen molar-refractivity contribution < 1.29 is 15.1 Å². The average molecular weight is 212 g/mol. The van der Waals surface area contributed by atoms with Crippen LogP contribution in [0.5, 0.6) is 0 Å². The predicted molar refractivity (Wildman–Crippen MR) is 52.1 cm³/mol. The quantitative estimate of drug-likeness (QED) is 0.364. The van der Waals surface area contributed by atoms with Crippen molar-refractivity contribution in [3.05, 3.63) is 46.0 Å². The Morgan fingerprint density at radius 1 is 1.33 bits per heavy atom. The van der Waals surface area contributed by atoms with Crippen molar-refractivity contribution in [3.8, 4) is 0 Å². The van der Waals surface area contributed by atoms with Gasteiger partial charge in [0.2, 0.25) is 0 Å². The molecule has 1 aromatic rings. The van der Waals surface area contributed by atoms with Crippen LogP contribution in [-0.4, -0.2) is 20.8 Å². The lowest BCUT2D eigenvalue weighted by atomic mass is 9.94. The third-order valence-corrected chi connectivity index (χ3v) is 2.26. The van der Waals surface area contributed by atoms with E-state index in [1.54, 1.807) is 6.07 Å². The molecular formula is C9H12N2O4. The second-order valence-corrected chi connectivity index (χ2v) is 3.44. The maximum absolute atomic E-state index is 10.6. The van der Waals surface area contributed by atoms with Gasteiger partial charge in [-0.15, -0.1) is 0 Å². The second-order valence-electron chi connectivity index (χ2n) is 3.44. The van der Waals surface area contributed by atoms with Crippen LogP contribution in [0.2, 0.25) is 0 Å². The lowest BCUT2D eigenvalue weighted by Gasteiger charge is -2.30. The smallest absolute Gasteiger partial charge is 0.327 e. The van der Waals surface area contributed by atoms with Gasteiger partial charge < -0.3 is 10.2 Å². The number of benzene rings is 1. The molecule has 0 amide bonds. The van der Waals surface area contributed by atoms with Gasteiger partial charge in [0.15, 0.2) is 0 Å². The molecule has 1 unspecified atom stereocenters. The summed E-state index contributed by atoms with van der Waals surface area (Å²) in [5.74, 6) is -2.71. The second kappa shape index (κ2) is 3.58. The van der Waals surface area contributed by atoms with E-state index in [1.165, 1.54) is 24.3 Å². The highest BCUT2D eigenvalue weighted by Crippen LogP contribution is 2.28. The zero-order chi connectivity index (χ0) is 11.7. The Labute approximate surface area is 86.1 Å². The minimum Gasteiger partial charge on any atom is -0.355 e. The van der Waals surface area contributed by atoms with E-state index in [9.17, 15) is 20.3 Å². The first-order chi connectivity index (χ1) is 6.80. The maximum atomic E-state index is 10.6. The average Bonchev–Trinajstić information content (AvgIpc) is 2.18. The van der Waals surface area contributed by atoms with Crippen LogP contribution in [-0.2, 0) is 5.79 Å². The minimum absolute atomic E-state index is 0.0216. The summed E-state index contributed by atoms with van der Waals surface area (Å²) in [5, 5.41) is 29.9. The summed E-state index contributed by atoms with van der Waals surface area (Å²) in [6.45, 7) is 0.944. The number of nitro groups is 1. The van der Waals surface area contributed by atoms with Gasteiger partial charge in [0.05, 0.1) is 0 Å². The van der Waals surface area contributed by atoms with Crippen LogP contribution in [0.15, 0.2) is 30.3 Å². The molecule has 0 aliphatic heterocycles. The van der Waals surface area contributed by atoms with Crippen LogP contribution < -0.4 is 5.73 Å². The van der Waals surface area contributed by atoms with E-state index in [0.717, 1.165) is 6.92 Å². The largest absolute Gasteiger partial charge is 0.355 e. The summed E-state index contributed by atoms with van der Waals surface area (Å²) >= 11 is 0. The summed E-state index contributed by atoms with van der Waals surface area (Å²) in [6, 6.07) is 7.43. The first-order valence-corrected chi connectivity index (χ1v) is 4.24. The normalized spacial score (nSPS) is 15.7. The van der Waals surface area contributed by atoms with Crippen molar-refractivity contribution >= 4 is 0 Å². The summed E-state index contributed by atoms with van der Waals surface area (Å²) < 4.78 is 0. The Bertz CT molecular complexity index is 362. The van der Waals surface area contributed by atoms with Crippen LogP contribution in [0.25, 0.3) is 0 Å². The fourth-order valence-corrected chi connectivity index (χ4v) is 1.09. The number of nitrogens with zero attached hydrogens (tertiary/aromatic N) is 1. The molecule has 0 saturated carbocycles. The van der Waals surface area contributed by atoms with Crippen LogP contribution in [0, 0.1) is 10.1 Å². The van der Waals surface area contributed by atoms with E-state index in [-0.39, 0.29) is 5.56 Å². The predicted octanol–water partition coefficient (Wildman–Crippen LogP) is -0.224. The Kier molecular flexibility index (Phi) is 2.76. The van der Waals surface area contributed by atoms with Crippen molar-refractivity contribution in [1.82, 2.24) is 0 Å². The van der Waals surface area contributed by atoms with Gasteiger partial charge in [-0.25, -0.2) is 0 Å². The van der Waals surface area contributed by atoms with Crippen molar-refractivity contribution in [3.63, 3.8) is 0 Å². The van der Waals surface area contributed by atoms with E-state index in [2.05, 4.69) is 0 Å². The number of hydrogen-bond donors (Lipinski definition) is 3. The van der Waals surface area contributed by atoms with Crippen molar-refractivity contribution in [1.29, 1.82) is 0 Å². The molecule has 0 aliphatic carbocycles. The molecule has 0 aliphatic rings. The zero-order valence-corrected chi connectivity index (χ0v) is 8.12. The molecule has 1 atom stereocenters. The van der Waals surface area contributed by atoms with Crippen LogP contribution in [0.3, 0.4) is 0 Å². The Morgan fingerprint density at radius 3 is 2.20 bits per heavy atom. The Hall–Kier alpha value is -1.50. The van der Waals surface area contributed by atoms with E-state index in [4.69, 9.17) is 5.73 Å². The van der Waals surface area contributed by atoms with E-state index in [0.29, 0.717) is 0 Å². The molecule has 1 aromatic carbocycles. The van der Waals surface area contributed by atoms with Crippen LogP contribution in [0.4, 0.5) is 0 Å². The first kappa shape index (κ1) is 11.6. The van der Waals surface area contributed by atoms with Crippen molar-refractivity contribution in [2.24, 2.45) is 5.73 Å². The summed E-state index contributed by atoms with van der Waals surface area (Å²) in [6.07, 6.45) is 0. The summed E-state index contributed by atoms with van der Waals surface area (Å²) in [4.78, 5) is 9.67.